The van der Waals surface area contributed by atoms with Gasteiger partial charge in [-0.25, -0.2) is 9.97 Å². The summed E-state index contributed by atoms with van der Waals surface area (Å²) in [5, 5.41) is 24.6. The van der Waals surface area contributed by atoms with Crippen molar-refractivity contribution in [1.82, 2.24) is 14.5 Å². The Hall–Kier alpha value is -3.46. The fraction of sp³-hybridized carbons (Fsp3) is 0.250. The van der Waals surface area contributed by atoms with Gasteiger partial charge in [0, 0.05) is 17.4 Å². The molecule has 8 heteroatoms. The second kappa shape index (κ2) is 8.58. The lowest BCUT2D eigenvalue weighted by Crippen LogP contribution is -2.28. The predicted octanol–water partition coefficient (Wildman–Crippen LogP) is 3.49. The molecule has 4 aromatic rings. The van der Waals surface area contributed by atoms with Crippen LogP contribution in [0.2, 0.25) is 0 Å². The Morgan fingerprint density at radius 1 is 1.09 bits per heavy atom. The number of nitrogens with one attached hydrogen (secondary N) is 1. The fourth-order valence-electron chi connectivity index (χ4n) is 3.98. The summed E-state index contributed by atoms with van der Waals surface area (Å²) in [6.45, 7) is 2.62. The molecule has 0 radical (unpaired) electrons. The first kappa shape index (κ1) is 20.4. The average Bonchev–Trinajstić information content (AvgIpc) is 3.37. The average molecular weight is 432 g/mol. The molecule has 1 aliphatic heterocycles. The Morgan fingerprint density at radius 3 is 2.56 bits per heavy atom. The molecule has 5 rings (SSSR count). The van der Waals surface area contributed by atoms with Crippen LogP contribution in [0.3, 0.4) is 0 Å². The van der Waals surface area contributed by atoms with Gasteiger partial charge in [-0.2, -0.15) is 0 Å². The van der Waals surface area contributed by atoms with Gasteiger partial charge >= 0.3 is 0 Å². The summed E-state index contributed by atoms with van der Waals surface area (Å²) in [4.78, 5) is 8.99. The Morgan fingerprint density at radius 2 is 1.88 bits per heavy atom. The number of aliphatic hydroxyl groups is 2. The van der Waals surface area contributed by atoms with Crippen LogP contribution in [0, 0.1) is 0 Å². The maximum Gasteiger partial charge on any atom is 0.164 e. The number of ether oxygens (including phenoxy) is 2. The zero-order chi connectivity index (χ0) is 22.1. The van der Waals surface area contributed by atoms with Gasteiger partial charge in [0.15, 0.2) is 6.23 Å². The van der Waals surface area contributed by atoms with Crippen LogP contribution in [0.25, 0.3) is 22.2 Å². The van der Waals surface area contributed by atoms with Crippen molar-refractivity contribution in [2.45, 2.75) is 25.4 Å². The number of aromatic nitrogens is 3. The summed E-state index contributed by atoms with van der Waals surface area (Å²) in [5.74, 6) is 1.43. The molecule has 2 aromatic carbocycles. The summed E-state index contributed by atoms with van der Waals surface area (Å²) in [5.41, 5.74) is 3.33. The van der Waals surface area contributed by atoms with Crippen LogP contribution in [0.15, 0.2) is 67.1 Å². The van der Waals surface area contributed by atoms with Crippen molar-refractivity contribution in [3.8, 4) is 16.9 Å². The first-order valence-corrected chi connectivity index (χ1v) is 10.5. The Bertz CT molecular complexity index is 1210. The van der Waals surface area contributed by atoms with Crippen LogP contribution in [0.4, 0.5) is 11.5 Å². The van der Waals surface area contributed by atoms with Gasteiger partial charge in [-0.3, -0.25) is 0 Å². The Kier molecular flexibility index (Phi) is 5.48. The van der Waals surface area contributed by atoms with Crippen molar-refractivity contribution in [1.29, 1.82) is 0 Å². The standard InChI is InChI=1S/C24H24N4O4/c1-2-31-17-10-8-16(9-11-17)27-22-20-18(15-6-4-3-5-7-15)12-28(23(20)26-14-25-22)24-21(30)19(29)13-32-24/h3-12,14,19,21,24,29-30H,2,13H2,1H3,(H,25,26,27)/t19-,21-,24-/m1/s1. The molecule has 1 saturated heterocycles. The zero-order valence-electron chi connectivity index (χ0n) is 17.5. The third kappa shape index (κ3) is 3.69. The quantitative estimate of drug-likeness (QED) is 0.429. The second-order valence-electron chi connectivity index (χ2n) is 7.60. The van der Waals surface area contributed by atoms with Gasteiger partial charge in [-0.15, -0.1) is 0 Å². The van der Waals surface area contributed by atoms with E-state index in [0.717, 1.165) is 28.0 Å². The van der Waals surface area contributed by atoms with Crippen molar-refractivity contribution >= 4 is 22.5 Å². The van der Waals surface area contributed by atoms with Crippen LogP contribution < -0.4 is 10.1 Å². The lowest BCUT2D eigenvalue weighted by Gasteiger charge is -2.17. The maximum atomic E-state index is 10.5. The van der Waals surface area contributed by atoms with E-state index in [4.69, 9.17) is 9.47 Å². The van der Waals surface area contributed by atoms with E-state index in [0.29, 0.717) is 18.1 Å². The first-order valence-electron chi connectivity index (χ1n) is 10.5. The summed E-state index contributed by atoms with van der Waals surface area (Å²) < 4.78 is 13.0. The van der Waals surface area contributed by atoms with Gasteiger partial charge in [0.05, 0.1) is 18.6 Å². The molecule has 164 valence electrons. The lowest BCUT2D eigenvalue weighted by atomic mass is 10.1. The number of hydrogen-bond donors (Lipinski definition) is 3. The van der Waals surface area contributed by atoms with Crippen molar-refractivity contribution in [2.75, 3.05) is 18.5 Å². The van der Waals surface area contributed by atoms with Crippen molar-refractivity contribution in [2.24, 2.45) is 0 Å². The largest absolute Gasteiger partial charge is 0.494 e. The molecule has 0 aliphatic carbocycles. The number of anilines is 2. The molecular weight excluding hydrogens is 408 g/mol. The van der Waals surface area contributed by atoms with Crippen molar-refractivity contribution < 1.29 is 19.7 Å². The van der Waals surface area contributed by atoms with Gasteiger partial charge in [0.1, 0.15) is 35.7 Å². The molecule has 0 amide bonds. The van der Waals surface area contributed by atoms with Crippen molar-refractivity contribution in [3.05, 3.63) is 67.1 Å². The number of rotatable bonds is 6. The van der Waals surface area contributed by atoms with E-state index in [-0.39, 0.29) is 6.61 Å². The van der Waals surface area contributed by atoms with Crippen LogP contribution in [-0.2, 0) is 4.74 Å². The van der Waals surface area contributed by atoms with E-state index < -0.39 is 18.4 Å². The van der Waals surface area contributed by atoms with Crippen LogP contribution >= 0.6 is 0 Å². The topological polar surface area (TPSA) is 102 Å². The van der Waals surface area contributed by atoms with Gasteiger partial charge in [0.25, 0.3) is 0 Å². The molecule has 1 aliphatic rings. The molecule has 0 saturated carbocycles. The third-order valence-electron chi connectivity index (χ3n) is 5.52. The minimum Gasteiger partial charge on any atom is -0.494 e. The summed E-state index contributed by atoms with van der Waals surface area (Å²) in [6, 6.07) is 17.6. The van der Waals surface area contributed by atoms with Crippen molar-refractivity contribution in [3.63, 3.8) is 0 Å². The van der Waals surface area contributed by atoms with Gasteiger partial charge < -0.3 is 29.6 Å². The fourth-order valence-corrected chi connectivity index (χ4v) is 3.98. The molecule has 3 heterocycles. The molecule has 3 N–H and O–H groups in total. The molecular formula is C24H24N4O4. The molecule has 0 spiro atoms. The maximum absolute atomic E-state index is 10.5. The Balaban J connectivity index is 1.62. The molecule has 32 heavy (non-hydrogen) atoms. The van der Waals surface area contributed by atoms with E-state index in [9.17, 15) is 10.2 Å². The highest BCUT2D eigenvalue weighted by molar-refractivity contribution is 6.02. The monoisotopic (exact) mass is 432 g/mol. The SMILES string of the molecule is CCOc1ccc(Nc2ncnc3c2c(-c2ccccc2)cn3[C@@H]2OC[C@@H](O)[C@H]2O)cc1. The molecule has 0 bridgehead atoms. The normalized spacial score (nSPS) is 20.5. The second-order valence-corrected chi connectivity index (χ2v) is 7.60. The van der Waals surface area contributed by atoms with E-state index in [1.54, 1.807) is 4.57 Å². The molecule has 8 nitrogen and oxygen atoms in total. The van der Waals surface area contributed by atoms with E-state index in [2.05, 4.69) is 15.3 Å². The number of nitrogens with zero attached hydrogens (tertiary/aromatic N) is 3. The highest BCUT2D eigenvalue weighted by Crippen LogP contribution is 2.38. The van der Waals surface area contributed by atoms with E-state index in [1.807, 2.05) is 67.7 Å². The molecule has 1 fully saturated rings. The predicted molar refractivity (Wildman–Crippen MR) is 121 cm³/mol. The molecule has 0 unspecified atom stereocenters. The van der Waals surface area contributed by atoms with Gasteiger partial charge in [0.2, 0.25) is 0 Å². The van der Waals surface area contributed by atoms with Crippen LogP contribution in [-0.4, -0.2) is 50.2 Å². The van der Waals surface area contributed by atoms with Gasteiger partial charge in [-0.05, 0) is 36.8 Å². The minimum absolute atomic E-state index is 0.0640. The minimum atomic E-state index is -1.05. The third-order valence-corrected chi connectivity index (χ3v) is 5.52. The first-order chi connectivity index (χ1) is 15.7. The zero-order valence-corrected chi connectivity index (χ0v) is 17.5. The number of fused-ring (bicyclic) bond motifs is 1. The summed E-state index contributed by atoms with van der Waals surface area (Å²) in [7, 11) is 0. The van der Waals surface area contributed by atoms with E-state index >= 15 is 0 Å². The van der Waals surface area contributed by atoms with Gasteiger partial charge in [-0.1, -0.05) is 30.3 Å². The smallest absolute Gasteiger partial charge is 0.164 e. The number of hydrogen-bond acceptors (Lipinski definition) is 7. The molecule has 2 aromatic heterocycles. The molecule has 3 atom stereocenters. The Labute approximate surface area is 185 Å². The number of aliphatic hydroxyl groups excluding tert-OH is 2. The van der Waals surface area contributed by atoms with Crippen LogP contribution in [0.5, 0.6) is 5.75 Å². The summed E-state index contributed by atoms with van der Waals surface area (Å²) >= 11 is 0. The van der Waals surface area contributed by atoms with E-state index in [1.165, 1.54) is 6.33 Å². The highest BCUT2D eigenvalue weighted by Gasteiger charge is 2.37. The number of benzene rings is 2. The summed E-state index contributed by atoms with van der Waals surface area (Å²) in [6.07, 6.45) is 0.637. The highest BCUT2D eigenvalue weighted by atomic mass is 16.5. The van der Waals surface area contributed by atoms with Crippen LogP contribution in [0.1, 0.15) is 13.2 Å². The lowest BCUT2D eigenvalue weighted by molar-refractivity contribution is -0.0159.